The van der Waals surface area contributed by atoms with Crippen molar-refractivity contribution in [1.29, 1.82) is 0 Å². The number of esters is 1. The molecule has 0 aromatic heterocycles. The van der Waals surface area contributed by atoms with E-state index in [9.17, 15) is 71.2 Å². The van der Waals surface area contributed by atoms with Crippen molar-refractivity contribution in [2.45, 2.75) is 98.2 Å². The number of hydrogen-bond donors (Lipinski definition) is 13. The predicted octanol–water partition coefficient (Wildman–Crippen LogP) is -2.63. The first-order valence-electron chi connectivity index (χ1n) is 20.4. The number of aliphatic hydroxyl groups excluding tert-OH is 10. The van der Waals surface area contributed by atoms with Crippen LogP contribution in [0.2, 0.25) is 0 Å². The molecule has 13 N–H and O–H groups in total. The Bertz CT molecular complexity index is 2200. The third-order valence-corrected chi connectivity index (χ3v) is 11.2. The Balaban J connectivity index is 1.16. The van der Waals surface area contributed by atoms with Gasteiger partial charge in [-0.2, -0.15) is 0 Å². The summed E-state index contributed by atoms with van der Waals surface area (Å²) in [5, 5.41) is 137. The van der Waals surface area contributed by atoms with Gasteiger partial charge in [0.25, 0.3) is 0 Å². The molecule has 0 amide bonds. The van der Waals surface area contributed by atoms with Crippen LogP contribution in [0, 0.1) is 0 Å². The Morgan fingerprint density at radius 1 is 0.652 bits per heavy atom. The van der Waals surface area contributed by atoms with E-state index < -0.39 is 130 Å². The van der Waals surface area contributed by atoms with Gasteiger partial charge in [-0.3, -0.25) is 0 Å². The Morgan fingerprint density at radius 2 is 1.27 bits per heavy atom. The second-order valence-corrected chi connectivity index (χ2v) is 15.6. The molecule has 4 aliphatic rings. The lowest BCUT2D eigenvalue weighted by Crippen LogP contribution is -2.64. The summed E-state index contributed by atoms with van der Waals surface area (Å²) in [5.41, 5.74) is 0.768. The maximum Gasteiger partial charge on any atom is 0.330 e. The van der Waals surface area contributed by atoms with Crippen molar-refractivity contribution in [3.05, 3.63) is 83.1 Å². The zero-order chi connectivity index (χ0) is 47.6. The maximum absolute atomic E-state index is 12.6. The van der Waals surface area contributed by atoms with Crippen molar-refractivity contribution in [3.63, 3.8) is 0 Å². The lowest BCUT2D eigenvalue weighted by Gasteiger charge is -2.46. The second kappa shape index (κ2) is 20.7. The van der Waals surface area contributed by atoms with Crippen LogP contribution in [-0.4, -0.2) is 191 Å². The minimum atomic E-state index is -2.04. The van der Waals surface area contributed by atoms with Gasteiger partial charge in [0.05, 0.1) is 25.9 Å². The number of phenols is 3. The number of aromatic hydroxyl groups is 3. The van der Waals surface area contributed by atoms with E-state index in [1.165, 1.54) is 67.8 Å². The van der Waals surface area contributed by atoms with Gasteiger partial charge in [-0.15, -0.1) is 0 Å². The quantitative estimate of drug-likeness (QED) is 0.0581. The van der Waals surface area contributed by atoms with Gasteiger partial charge >= 0.3 is 5.97 Å². The first-order chi connectivity index (χ1) is 31.5. The zero-order valence-electron chi connectivity index (χ0n) is 34.7. The van der Waals surface area contributed by atoms with Gasteiger partial charge in [-0.05, 0) is 42.0 Å². The number of carbonyl (C=O) groups is 1. The van der Waals surface area contributed by atoms with E-state index in [4.69, 9.17) is 42.6 Å². The summed E-state index contributed by atoms with van der Waals surface area (Å²) in [4.78, 5) is 12.6. The monoisotopic (exact) mass is 934 g/mol. The molecule has 360 valence electrons. The fraction of sp³-hybridized carbons (Fsp3) is 0.465. The normalized spacial score (nSPS) is 34.4. The van der Waals surface area contributed by atoms with Gasteiger partial charge < -0.3 is 109 Å². The van der Waals surface area contributed by atoms with E-state index in [1.807, 2.05) is 0 Å². The minimum absolute atomic E-state index is 0.000490. The molecule has 0 saturated carbocycles. The van der Waals surface area contributed by atoms with Gasteiger partial charge in [0.2, 0.25) is 12.6 Å². The Morgan fingerprint density at radius 3 is 1.94 bits per heavy atom. The highest BCUT2D eigenvalue weighted by molar-refractivity contribution is 5.87. The zero-order valence-corrected chi connectivity index (χ0v) is 34.7. The smallest absolute Gasteiger partial charge is 0.330 e. The fourth-order valence-corrected chi connectivity index (χ4v) is 7.52. The minimum Gasteiger partial charge on any atom is -0.508 e. The van der Waals surface area contributed by atoms with Gasteiger partial charge in [0.1, 0.15) is 103 Å². The molecule has 3 aromatic rings. The van der Waals surface area contributed by atoms with Crippen LogP contribution in [0.5, 0.6) is 34.5 Å². The summed E-state index contributed by atoms with van der Waals surface area (Å²) in [6.45, 7) is -2.34. The standard InChI is InChI=1S/C43H50O23/c1-58-25-10-17(2-8-22(25)48)3-9-30(49)59-16-29-33(52)35(54)38(57)42(65-29)66-40-36(55)32(51)28(15-45)64-43(40)62-26-13-21-23(60-39(26)18-4-6-19(46)7-5-18)11-20(47)12-24(21)61-41-37(56)34(53)31(50)27(14-44)63-41/h2-13,27-29,31-48,50-57H,14-16H2,1H3/b9-3+/t27-,28-,29-,31-,32-,33-,34+,35+,36+,37-,38+,39?,40-,41-,42+,43-/m1/s1. The summed E-state index contributed by atoms with van der Waals surface area (Å²) < 4.78 is 51.8. The van der Waals surface area contributed by atoms with E-state index in [2.05, 4.69) is 0 Å². The molecule has 23 nitrogen and oxygen atoms in total. The molecule has 0 radical (unpaired) electrons. The number of methoxy groups -OCH3 is 1. The lowest BCUT2D eigenvalue weighted by molar-refractivity contribution is -0.364. The number of fused-ring (bicyclic) bond motifs is 1. The molecule has 3 aromatic carbocycles. The summed E-state index contributed by atoms with van der Waals surface area (Å²) in [6, 6.07) is 12.1. The Hall–Kier alpha value is -5.35. The van der Waals surface area contributed by atoms with Crippen molar-refractivity contribution >= 4 is 18.1 Å². The number of ether oxygens (including phenoxy) is 9. The van der Waals surface area contributed by atoms with Crippen LogP contribution >= 0.6 is 0 Å². The average molecular weight is 935 g/mol. The molecule has 0 bridgehead atoms. The second-order valence-electron chi connectivity index (χ2n) is 15.6. The molecule has 0 aliphatic carbocycles. The number of hydrogen-bond acceptors (Lipinski definition) is 23. The van der Waals surface area contributed by atoms with Crippen LogP contribution in [-0.2, 0) is 33.2 Å². The van der Waals surface area contributed by atoms with Crippen molar-refractivity contribution in [2.24, 2.45) is 0 Å². The van der Waals surface area contributed by atoms with Crippen LogP contribution in [0.1, 0.15) is 22.8 Å². The number of aliphatic hydroxyl groups is 10. The Kier molecular flexibility index (Phi) is 15.2. The molecule has 4 aliphatic heterocycles. The van der Waals surface area contributed by atoms with Crippen molar-refractivity contribution in [3.8, 4) is 34.5 Å². The summed E-state index contributed by atoms with van der Waals surface area (Å²) >= 11 is 0. The van der Waals surface area contributed by atoms with Crippen LogP contribution in [0.15, 0.2) is 66.4 Å². The van der Waals surface area contributed by atoms with E-state index in [-0.39, 0.29) is 40.1 Å². The molecule has 7 rings (SSSR count). The van der Waals surface area contributed by atoms with Crippen LogP contribution in [0.3, 0.4) is 0 Å². The molecule has 3 saturated heterocycles. The fourth-order valence-electron chi connectivity index (χ4n) is 7.52. The van der Waals surface area contributed by atoms with Gasteiger partial charge in [-0.25, -0.2) is 4.79 Å². The van der Waals surface area contributed by atoms with E-state index >= 15 is 0 Å². The topological polar surface area (TPSA) is 363 Å². The molecule has 16 atom stereocenters. The third kappa shape index (κ3) is 10.3. The van der Waals surface area contributed by atoms with Crippen LogP contribution in [0.25, 0.3) is 12.2 Å². The van der Waals surface area contributed by atoms with Crippen molar-refractivity contribution in [2.75, 3.05) is 26.9 Å². The first kappa shape index (κ1) is 48.6. The highest BCUT2D eigenvalue weighted by Gasteiger charge is 2.52. The molecule has 23 heteroatoms. The number of phenolic OH excluding ortho intramolecular Hbond substituents is 3. The number of benzene rings is 3. The maximum atomic E-state index is 12.6. The lowest BCUT2D eigenvalue weighted by atomic mass is 9.97. The van der Waals surface area contributed by atoms with E-state index in [0.29, 0.717) is 11.1 Å². The van der Waals surface area contributed by atoms with Gasteiger partial charge in [0.15, 0.2) is 30.0 Å². The largest absolute Gasteiger partial charge is 0.508 e. The number of rotatable bonds is 14. The van der Waals surface area contributed by atoms with Gasteiger partial charge in [-0.1, -0.05) is 18.2 Å². The molecular weight excluding hydrogens is 884 g/mol. The molecule has 4 heterocycles. The summed E-state index contributed by atoms with van der Waals surface area (Å²) in [7, 11) is 1.34. The molecule has 0 spiro atoms. The van der Waals surface area contributed by atoms with Crippen molar-refractivity contribution in [1.82, 2.24) is 0 Å². The van der Waals surface area contributed by atoms with Crippen LogP contribution in [0.4, 0.5) is 0 Å². The highest BCUT2D eigenvalue weighted by Crippen LogP contribution is 2.46. The molecule has 1 unspecified atom stereocenters. The molecule has 3 fully saturated rings. The summed E-state index contributed by atoms with van der Waals surface area (Å²) in [6.07, 6.45) is -24.6. The van der Waals surface area contributed by atoms with E-state index in [1.54, 1.807) is 0 Å². The van der Waals surface area contributed by atoms with E-state index in [0.717, 1.165) is 12.1 Å². The first-order valence-corrected chi connectivity index (χ1v) is 20.4. The number of carbonyl (C=O) groups excluding carboxylic acids is 1. The van der Waals surface area contributed by atoms with Crippen LogP contribution < -0.4 is 14.2 Å². The third-order valence-electron chi connectivity index (χ3n) is 11.2. The Labute approximate surface area is 374 Å². The molecule has 66 heavy (non-hydrogen) atoms. The summed E-state index contributed by atoms with van der Waals surface area (Å²) in [5.74, 6) is -1.97. The van der Waals surface area contributed by atoms with Gasteiger partial charge in [0, 0.05) is 23.8 Å². The molecular formula is C43H50O23. The predicted molar refractivity (Wildman–Crippen MR) is 217 cm³/mol. The average Bonchev–Trinajstić information content (AvgIpc) is 3.30. The SMILES string of the molecule is COc1cc(/C=C/C(=O)OC[C@H]2O[C@@H](O[C@H]3[C@H](OC4=Cc5c(cc(O)cc5O[C@@H]5O[C@H](CO)[C@@H](O)[C@H](O)[C@H]5O)OC4c4ccc(O)cc4)O[C@H](CO)[C@@H](O)[C@@H]3O)[C@@H](O)[C@@H](O)[C@@H]2O)ccc1O. The van der Waals surface area contributed by atoms with Crippen molar-refractivity contribution < 1.29 is 114 Å². The highest BCUT2D eigenvalue weighted by atomic mass is 16.8.